The third-order valence-corrected chi connectivity index (χ3v) is 3.88. The molecule has 0 fully saturated rings. The van der Waals surface area contributed by atoms with Crippen molar-refractivity contribution in [2.45, 2.75) is 46.9 Å². The molecule has 0 unspecified atom stereocenters. The molecule has 26 heavy (non-hydrogen) atoms. The van der Waals surface area contributed by atoms with E-state index in [2.05, 4.69) is 9.97 Å². The van der Waals surface area contributed by atoms with E-state index in [0.717, 1.165) is 6.20 Å². The number of aryl methyl sites for hydroxylation is 1. The average molecular weight is 368 g/mol. The van der Waals surface area contributed by atoms with Crippen molar-refractivity contribution < 1.29 is 23.1 Å². The Morgan fingerprint density at radius 3 is 2.58 bits per heavy atom. The number of rotatable bonds is 6. The number of halogens is 2. The highest BCUT2D eigenvalue weighted by molar-refractivity contribution is 6.00. The molecule has 2 rings (SSSR count). The Labute approximate surface area is 150 Å². The summed E-state index contributed by atoms with van der Waals surface area (Å²) in [6.45, 7) is 3.95. The lowest BCUT2D eigenvalue weighted by atomic mass is 10.1. The number of aromatic amines is 1. The number of imidazole rings is 1. The molecular formula is C17H22F2N4O3. The predicted octanol–water partition coefficient (Wildman–Crippen LogP) is 3.06. The van der Waals surface area contributed by atoms with E-state index in [0.29, 0.717) is 21.4 Å². The van der Waals surface area contributed by atoms with Crippen LogP contribution in [0.15, 0.2) is 12.4 Å². The van der Waals surface area contributed by atoms with Crippen LogP contribution in [0.4, 0.5) is 8.78 Å². The maximum Gasteiger partial charge on any atom is 0.340 e. The van der Waals surface area contributed by atoms with Crippen LogP contribution >= 0.6 is 0 Å². The number of H-pyrrole nitrogens is 1. The Hall–Kier alpha value is -2.71. The zero-order chi connectivity index (χ0) is 19.6. The fourth-order valence-corrected chi connectivity index (χ4v) is 2.66. The number of nitrogens with one attached hydrogen (secondary N) is 1. The van der Waals surface area contributed by atoms with E-state index in [1.165, 1.54) is 18.1 Å². The van der Waals surface area contributed by atoms with Crippen molar-refractivity contribution >= 4 is 11.9 Å². The molecule has 2 aromatic heterocycles. The molecule has 0 aliphatic rings. The quantitative estimate of drug-likeness (QED) is 0.795. The van der Waals surface area contributed by atoms with Crippen molar-refractivity contribution in [3.05, 3.63) is 40.7 Å². The van der Waals surface area contributed by atoms with E-state index < -0.39 is 18.4 Å². The van der Waals surface area contributed by atoms with Gasteiger partial charge in [0.15, 0.2) is 0 Å². The van der Waals surface area contributed by atoms with E-state index in [-0.39, 0.29) is 24.2 Å². The lowest BCUT2D eigenvalue weighted by molar-refractivity contribution is 0.0376. The first-order chi connectivity index (χ1) is 12.1. The third-order valence-electron chi connectivity index (χ3n) is 3.88. The number of alkyl halides is 2. The third kappa shape index (κ3) is 3.92. The molecule has 0 saturated heterocycles. The van der Waals surface area contributed by atoms with Crippen LogP contribution < -0.4 is 0 Å². The number of hydrogen-bond donors (Lipinski definition) is 1. The molecule has 2 heterocycles. The molecule has 0 aromatic carbocycles. The van der Waals surface area contributed by atoms with E-state index in [4.69, 9.17) is 4.74 Å². The monoisotopic (exact) mass is 368 g/mol. The fraction of sp³-hybridized carbons (Fsp3) is 0.471. The summed E-state index contributed by atoms with van der Waals surface area (Å²) >= 11 is 0. The van der Waals surface area contributed by atoms with Crippen molar-refractivity contribution in [2.24, 2.45) is 0 Å². The topological polar surface area (TPSA) is 80.2 Å². The second kappa shape index (κ2) is 7.67. The lowest BCUT2D eigenvalue weighted by Gasteiger charge is -2.17. The van der Waals surface area contributed by atoms with E-state index >= 15 is 0 Å². The van der Waals surface area contributed by atoms with Crippen molar-refractivity contribution in [2.75, 3.05) is 7.05 Å². The number of aromatic nitrogens is 3. The van der Waals surface area contributed by atoms with Gasteiger partial charge in [0.25, 0.3) is 5.91 Å². The molecular weight excluding hydrogens is 346 g/mol. The van der Waals surface area contributed by atoms with Gasteiger partial charge >= 0.3 is 12.5 Å². The number of carbonyl (C=O) groups excluding carboxylic acids is 2. The van der Waals surface area contributed by atoms with Crippen LogP contribution in [0, 0.1) is 13.8 Å². The van der Waals surface area contributed by atoms with Gasteiger partial charge in [0.2, 0.25) is 0 Å². The summed E-state index contributed by atoms with van der Waals surface area (Å²) in [6, 6.07) is 0. The minimum atomic E-state index is -2.73. The van der Waals surface area contributed by atoms with E-state index in [1.807, 2.05) is 0 Å². The number of amides is 1. The summed E-state index contributed by atoms with van der Waals surface area (Å²) in [4.78, 5) is 32.9. The Balaban J connectivity index is 2.24. The first-order valence-electron chi connectivity index (χ1n) is 8.08. The highest BCUT2D eigenvalue weighted by Crippen LogP contribution is 2.21. The number of hydrogen-bond acceptors (Lipinski definition) is 4. The van der Waals surface area contributed by atoms with Crippen LogP contribution in [0.2, 0.25) is 0 Å². The molecule has 2 aromatic rings. The van der Waals surface area contributed by atoms with E-state index in [1.54, 1.807) is 27.7 Å². The summed E-state index contributed by atoms with van der Waals surface area (Å²) in [7, 11) is 1.48. The van der Waals surface area contributed by atoms with Crippen LogP contribution in [0.5, 0.6) is 0 Å². The molecule has 0 saturated carbocycles. The fourth-order valence-electron chi connectivity index (χ4n) is 2.66. The number of carbonyl (C=O) groups is 2. The summed E-state index contributed by atoms with van der Waals surface area (Å²) in [5.74, 6) is -0.879. The zero-order valence-corrected chi connectivity index (χ0v) is 15.3. The summed E-state index contributed by atoms with van der Waals surface area (Å²) in [5.41, 5.74) is 1.50. The van der Waals surface area contributed by atoms with Gasteiger partial charge in [-0.15, -0.1) is 0 Å². The molecule has 9 heteroatoms. The molecule has 0 bridgehead atoms. The molecule has 0 spiro atoms. The Morgan fingerprint density at radius 1 is 1.35 bits per heavy atom. The second-order valence-electron chi connectivity index (χ2n) is 6.27. The van der Waals surface area contributed by atoms with Crippen molar-refractivity contribution in [3.8, 4) is 0 Å². The average Bonchev–Trinajstić information content (AvgIpc) is 3.10. The molecule has 1 N–H and O–H groups in total. The van der Waals surface area contributed by atoms with Crippen molar-refractivity contribution in [1.29, 1.82) is 0 Å². The zero-order valence-electron chi connectivity index (χ0n) is 15.3. The first-order valence-corrected chi connectivity index (χ1v) is 8.08. The van der Waals surface area contributed by atoms with Gasteiger partial charge in [0.1, 0.15) is 11.5 Å². The van der Waals surface area contributed by atoms with Gasteiger partial charge in [-0.3, -0.25) is 9.36 Å². The Bertz CT molecular complexity index is 811. The molecule has 0 radical (unpaired) electrons. The maximum absolute atomic E-state index is 12.9. The summed E-state index contributed by atoms with van der Waals surface area (Å²) in [6.07, 6.45) is 2.12. The van der Waals surface area contributed by atoms with Crippen LogP contribution in [-0.2, 0) is 11.3 Å². The Kier molecular flexibility index (Phi) is 5.79. The SMILES string of the molecule is Cc1[nH]c(C(=O)N(C)Cc2nccn2C(F)F)c(C)c1C(=O)OC(C)C. The largest absolute Gasteiger partial charge is 0.459 e. The smallest absolute Gasteiger partial charge is 0.340 e. The number of esters is 1. The van der Waals surface area contributed by atoms with Gasteiger partial charge in [-0.2, -0.15) is 8.78 Å². The van der Waals surface area contributed by atoms with Gasteiger partial charge in [0, 0.05) is 25.1 Å². The molecule has 0 aliphatic carbocycles. The highest BCUT2D eigenvalue weighted by atomic mass is 19.3. The lowest BCUT2D eigenvalue weighted by Crippen LogP contribution is -2.28. The molecule has 0 aliphatic heterocycles. The molecule has 1 amide bonds. The van der Waals surface area contributed by atoms with Gasteiger partial charge in [0.05, 0.1) is 18.2 Å². The summed E-state index contributed by atoms with van der Waals surface area (Å²) < 4.78 is 31.7. The standard InChI is InChI=1S/C17H22F2N4O3/c1-9(2)26-16(25)13-10(3)14(21-11(13)4)15(24)22(5)8-12-20-6-7-23(12)17(18)19/h6-7,9,17,21H,8H2,1-5H3. The van der Waals surface area contributed by atoms with Crippen LogP contribution in [0.1, 0.15) is 58.3 Å². The molecule has 0 atom stereocenters. The minimum absolute atomic E-state index is 0.0659. The van der Waals surface area contributed by atoms with Crippen molar-refractivity contribution in [3.63, 3.8) is 0 Å². The molecule has 7 nitrogen and oxygen atoms in total. The number of nitrogens with zero attached hydrogens (tertiary/aromatic N) is 3. The van der Waals surface area contributed by atoms with E-state index in [9.17, 15) is 18.4 Å². The second-order valence-corrected chi connectivity index (χ2v) is 6.27. The first kappa shape index (κ1) is 19.6. The molecule has 142 valence electrons. The highest BCUT2D eigenvalue weighted by Gasteiger charge is 2.26. The predicted molar refractivity (Wildman–Crippen MR) is 90.1 cm³/mol. The normalized spacial score (nSPS) is 11.3. The van der Waals surface area contributed by atoms with Gasteiger partial charge in [-0.05, 0) is 33.3 Å². The minimum Gasteiger partial charge on any atom is -0.459 e. The van der Waals surface area contributed by atoms with Crippen LogP contribution in [0.3, 0.4) is 0 Å². The van der Waals surface area contributed by atoms with Gasteiger partial charge < -0.3 is 14.6 Å². The van der Waals surface area contributed by atoms with Crippen molar-refractivity contribution in [1.82, 2.24) is 19.4 Å². The summed E-state index contributed by atoms with van der Waals surface area (Å²) in [5, 5.41) is 0. The van der Waals surface area contributed by atoms with Gasteiger partial charge in [-0.25, -0.2) is 9.78 Å². The Morgan fingerprint density at radius 2 is 2.00 bits per heavy atom. The van der Waals surface area contributed by atoms with Crippen LogP contribution in [-0.4, -0.2) is 44.5 Å². The maximum atomic E-state index is 12.9. The van der Waals surface area contributed by atoms with Gasteiger partial charge in [-0.1, -0.05) is 0 Å². The van der Waals surface area contributed by atoms with Crippen LogP contribution in [0.25, 0.3) is 0 Å². The number of ether oxygens (including phenoxy) is 1.